The van der Waals surface area contributed by atoms with Crippen LogP contribution < -0.4 is 0 Å². The van der Waals surface area contributed by atoms with Crippen molar-refractivity contribution in [3.05, 3.63) is 60.2 Å². The molecule has 2 heterocycles. The van der Waals surface area contributed by atoms with Gasteiger partial charge < -0.3 is 5.11 Å². The summed E-state index contributed by atoms with van der Waals surface area (Å²) in [4.78, 5) is 7.95. The van der Waals surface area contributed by atoms with Crippen molar-refractivity contribution in [1.82, 2.24) is 29.5 Å². The van der Waals surface area contributed by atoms with Crippen molar-refractivity contribution >= 4 is 11.6 Å². The van der Waals surface area contributed by atoms with E-state index in [9.17, 15) is 5.11 Å². The molecule has 0 saturated carbocycles. The van der Waals surface area contributed by atoms with Crippen LogP contribution >= 0.6 is 11.6 Å². The zero-order valence-corrected chi connectivity index (χ0v) is 13.4. The smallest absolute Gasteiger partial charge is 0.137 e. The number of benzene rings is 1. The third kappa shape index (κ3) is 3.25. The van der Waals surface area contributed by atoms with E-state index in [0.717, 1.165) is 5.56 Å². The lowest BCUT2D eigenvalue weighted by molar-refractivity contribution is -0.0240. The Morgan fingerprint density at radius 3 is 2.39 bits per heavy atom. The van der Waals surface area contributed by atoms with Gasteiger partial charge in [0.05, 0.1) is 6.54 Å². The van der Waals surface area contributed by atoms with Crippen molar-refractivity contribution in [3.63, 3.8) is 0 Å². The average molecular weight is 333 g/mol. The number of rotatable bonds is 6. The van der Waals surface area contributed by atoms with Gasteiger partial charge in [0.15, 0.2) is 0 Å². The predicted molar refractivity (Wildman–Crippen MR) is 84.9 cm³/mol. The number of aromatic nitrogens is 6. The fourth-order valence-electron chi connectivity index (χ4n) is 2.69. The first-order valence-electron chi connectivity index (χ1n) is 7.27. The monoisotopic (exact) mass is 332 g/mol. The van der Waals surface area contributed by atoms with E-state index in [2.05, 4.69) is 20.2 Å². The highest BCUT2D eigenvalue weighted by atomic mass is 35.5. The molecule has 2 aromatic heterocycles. The van der Waals surface area contributed by atoms with E-state index in [1.807, 2.05) is 19.1 Å². The van der Waals surface area contributed by atoms with Crippen LogP contribution in [0.1, 0.15) is 24.9 Å². The van der Waals surface area contributed by atoms with E-state index < -0.39 is 11.6 Å². The predicted octanol–water partition coefficient (Wildman–Crippen LogP) is 1.95. The Hall–Kier alpha value is -2.25. The van der Waals surface area contributed by atoms with Gasteiger partial charge in [-0.3, -0.25) is 0 Å². The minimum atomic E-state index is -1.12. The van der Waals surface area contributed by atoms with Crippen LogP contribution in [0.3, 0.4) is 0 Å². The van der Waals surface area contributed by atoms with E-state index in [1.54, 1.807) is 34.2 Å². The number of aliphatic hydroxyl groups is 1. The molecule has 1 N–H and O–H groups in total. The molecule has 0 bridgehead atoms. The molecule has 2 unspecified atom stereocenters. The molecule has 0 fully saturated rings. The maximum Gasteiger partial charge on any atom is 0.137 e. The molecule has 23 heavy (non-hydrogen) atoms. The van der Waals surface area contributed by atoms with Crippen LogP contribution in [0.2, 0.25) is 5.02 Å². The lowest BCUT2D eigenvalue weighted by Gasteiger charge is -2.35. The Morgan fingerprint density at radius 2 is 1.83 bits per heavy atom. The standard InChI is InChI=1S/C15H17ClN6O/c1-2-15(23,7-21-10-17-8-19-21)14(22-11-18-9-20-22)12-3-5-13(16)6-4-12/h3-6,8-11,14,23H,2,7H2,1H3. The SMILES string of the molecule is CCC(O)(Cn1cncn1)C(c1ccc(Cl)cc1)n1cncn1. The third-order valence-corrected chi connectivity index (χ3v) is 4.16. The summed E-state index contributed by atoms with van der Waals surface area (Å²) in [7, 11) is 0. The van der Waals surface area contributed by atoms with Crippen molar-refractivity contribution in [2.24, 2.45) is 0 Å². The lowest BCUT2D eigenvalue weighted by Crippen LogP contribution is -2.44. The summed E-state index contributed by atoms with van der Waals surface area (Å²) in [5, 5.41) is 20.3. The summed E-state index contributed by atoms with van der Waals surface area (Å²) >= 11 is 5.98. The molecule has 2 atom stereocenters. The van der Waals surface area contributed by atoms with Gasteiger partial charge in [-0.1, -0.05) is 30.7 Å². The maximum absolute atomic E-state index is 11.3. The number of halogens is 1. The first-order chi connectivity index (χ1) is 11.1. The van der Waals surface area contributed by atoms with Crippen LogP contribution in [0.15, 0.2) is 49.6 Å². The van der Waals surface area contributed by atoms with Crippen LogP contribution in [-0.2, 0) is 6.54 Å². The summed E-state index contributed by atoms with van der Waals surface area (Å²) < 4.78 is 3.27. The normalized spacial score (nSPS) is 15.3. The van der Waals surface area contributed by atoms with Gasteiger partial charge in [0.25, 0.3) is 0 Å². The fraction of sp³-hybridized carbons (Fsp3) is 0.333. The Kier molecular flexibility index (Phi) is 4.40. The van der Waals surface area contributed by atoms with Crippen LogP contribution in [-0.4, -0.2) is 40.2 Å². The molecular formula is C15H17ClN6O. The number of nitrogens with zero attached hydrogens (tertiary/aromatic N) is 6. The number of hydrogen-bond donors (Lipinski definition) is 1. The van der Waals surface area contributed by atoms with Crippen LogP contribution in [0.4, 0.5) is 0 Å². The van der Waals surface area contributed by atoms with Gasteiger partial charge in [-0.25, -0.2) is 19.3 Å². The van der Waals surface area contributed by atoms with Gasteiger partial charge in [0.2, 0.25) is 0 Å². The van der Waals surface area contributed by atoms with E-state index >= 15 is 0 Å². The van der Waals surface area contributed by atoms with Crippen LogP contribution in [0, 0.1) is 0 Å². The summed E-state index contributed by atoms with van der Waals surface area (Å²) in [6.45, 7) is 2.22. The lowest BCUT2D eigenvalue weighted by atomic mass is 9.86. The molecule has 120 valence electrons. The summed E-state index contributed by atoms with van der Waals surface area (Å²) in [6, 6.07) is 6.95. The highest BCUT2D eigenvalue weighted by Crippen LogP contribution is 2.34. The van der Waals surface area contributed by atoms with Crippen molar-refractivity contribution in [2.45, 2.75) is 31.5 Å². The molecule has 0 radical (unpaired) electrons. The Balaban J connectivity index is 2.04. The minimum absolute atomic E-state index is 0.288. The Bertz CT molecular complexity index is 728. The first-order valence-corrected chi connectivity index (χ1v) is 7.64. The van der Waals surface area contributed by atoms with Gasteiger partial charge in [0, 0.05) is 5.02 Å². The summed E-state index contributed by atoms with van der Waals surface area (Å²) in [6.07, 6.45) is 6.58. The zero-order valence-electron chi connectivity index (χ0n) is 12.6. The Labute approximate surface area is 138 Å². The first kappa shape index (κ1) is 15.6. The second kappa shape index (κ2) is 6.47. The van der Waals surface area contributed by atoms with Gasteiger partial charge in [-0.15, -0.1) is 0 Å². The molecule has 3 aromatic rings. The topological polar surface area (TPSA) is 81.6 Å². The van der Waals surface area contributed by atoms with Gasteiger partial charge >= 0.3 is 0 Å². The molecule has 3 rings (SSSR count). The van der Waals surface area contributed by atoms with Crippen molar-refractivity contribution in [1.29, 1.82) is 0 Å². The van der Waals surface area contributed by atoms with E-state index in [4.69, 9.17) is 11.6 Å². The van der Waals surface area contributed by atoms with Gasteiger partial charge in [-0.05, 0) is 24.1 Å². The summed E-state index contributed by atoms with van der Waals surface area (Å²) in [5.41, 5.74) is -0.223. The van der Waals surface area contributed by atoms with Gasteiger partial charge in [-0.2, -0.15) is 10.2 Å². The number of hydrogen-bond acceptors (Lipinski definition) is 5. The highest BCUT2D eigenvalue weighted by Gasteiger charge is 2.39. The minimum Gasteiger partial charge on any atom is -0.385 e. The molecule has 0 saturated heterocycles. The largest absolute Gasteiger partial charge is 0.385 e. The molecule has 0 aliphatic rings. The van der Waals surface area contributed by atoms with E-state index in [-0.39, 0.29) is 6.54 Å². The molecule has 1 aromatic carbocycles. The molecule has 7 nitrogen and oxygen atoms in total. The van der Waals surface area contributed by atoms with Crippen molar-refractivity contribution < 1.29 is 5.11 Å². The molecule has 0 aliphatic heterocycles. The molecule has 0 spiro atoms. The molecular weight excluding hydrogens is 316 g/mol. The van der Waals surface area contributed by atoms with Crippen molar-refractivity contribution in [3.8, 4) is 0 Å². The van der Waals surface area contributed by atoms with Crippen molar-refractivity contribution in [2.75, 3.05) is 0 Å². The molecule has 0 amide bonds. The van der Waals surface area contributed by atoms with E-state index in [0.29, 0.717) is 11.4 Å². The second-order valence-electron chi connectivity index (χ2n) is 5.38. The quantitative estimate of drug-likeness (QED) is 0.746. The molecule has 0 aliphatic carbocycles. The fourth-order valence-corrected chi connectivity index (χ4v) is 2.82. The van der Waals surface area contributed by atoms with Crippen LogP contribution in [0.25, 0.3) is 0 Å². The zero-order chi connectivity index (χ0) is 16.3. The summed E-state index contributed by atoms with van der Waals surface area (Å²) in [5.74, 6) is 0. The third-order valence-electron chi connectivity index (χ3n) is 3.91. The molecule has 8 heteroatoms. The van der Waals surface area contributed by atoms with E-state index in [1.165, 1.54) is 12.7 Å². The maximum atomic E-state index is 11.3. The second-order valence-corrected chi connectivity index (χ2v) is 5.82. The average Bonchev–Trinajstić information content (AvgIpc) is 3.23. The highest BCUT2D eigenvalue weighted by molar-refractivity contribution is 6.30. The van der Waals surface area contributed by atoms with Gasteiger partial charge in [0.1, 0.15) is 37.0 Å². The Morgan fingerprint density at radius 1 is 1.13 bits per heavy atom. The van der Waals surface area contributed by atoms with Crippen LogP contribution in [0.5, 0.6) is 0 Å².